The molecule has 0 bridgehead atoms. The van der Waals surface area contributed by atoms with E-state index in [0.717, 1.165) is 82.1 Å². The number of benzene rings is 9. The summed E-state index contributed by atoms with van der Waals surface area (Å²) in [4.78, 5) is 9.15. The molecule has 1 aliphatic rings. The molecule has 6 nitrogen and oxygen atoms in total. The summed E-state index contributed by atoms with van der Waals surface area (Å²) in [6.07, 6.45) is 0. The van der Waals surface area contributed by atoms with Gasteiger partial charge in [-0.05, 0) is 18.2 Å². The molecule has 0 saturated carbocycles. The van der Waals surface area contributed by atoms with E-state index in [0.29, 0.717) is 5.75 Å². The van der Waals surface area contributed by atoms with E-state index in [1.54, 1.807) is 18.2 Å². The van der Waals surface area contributed by atoms with Gasteiger partial charge < -0.3 is 0 Å². The van der Waals surface area contributed by atoms with Crippen LogP contribution in [0.5, 0.6) is 11.6 Å². The van der Waals surface area contributed by atoms with Crippen molar-refractivity contribution in [2.45, 2.75) is 6.85 Å². The molecule has 11 aromatic rings. The van der Waals surface area contributed by atoms with Crippen molar-refractivity contribution in [3.63, 3.8) is 0 Å². The molecule has 0 amide bonds. The Balaban J connectivity index is 0.999. The molecule has 0 N–H and O–H groups in total. The minimum absolute atomic E-state index is 0.113. The number of nitrogens with zero attached hydrogens (tertiary/aromatic N) is 5. The summed E-state index contributed by atoms with van der Waals surface area (Å²) in [5.41, 5.74) is 12.5. The first-order valence-electron chi connectivity index (χ1n) is 25.6. The molecule has 0 aliphatic carbocycles. The molecule has 0 unspecified atom stereocenters. The van der Waals surface area contributed by atoms with Gasteiger partial charge in [0.1, 0.15) is 0 Å². The zero-order chi connectivity index (χ0) is 51.4. The second-order valence-corrected chi connectivity index (χ2v) is 17.7. The van der Waals surface area contributed by atoms with Crippen LogP contribution in [-0.4, -0.2) is 21.1 Å². The summed E-state index contributed by atoms with van der Waals surface area (Å²) in [6.45, 7) is -2.89. The van der Waals surface area contributed by atoms with E-state index in [9.17, 15) is 2.74 Å². The van der Waals surface area contributed by atoms with Crippen LogP contribution in [0.1, 0.15) is 13.8 Å². The van der Waals surface area contributed by atoms with Crippen LogP contribution in [0, 0.1) is 10.7 Å². The quantitative estimate of drug-likeness (QED) is 0.128. The van der Waals surface area contributed by atoms with Gasteiger partial charge in [-0.15, -0.1) is 0 Å². The molecule has 0 atom stereocenters. The molecule has 0 radical (unpaired) electrons. The van der Waals surface area contributed by atoms with Gasteiger partial charge in [-0.1, -0.05) is 60.7 Å². The second kappa shape index (κ2) is 18.1. The van der Waals surface area contributed by atoms with Crippen LogP contribution in [0.2, 0.25) is 0 Å². The molecule has 12 rings (SSSR count). The van der Waals surface area contributed by atoms with E-state index in [-0.39, 0.29) is 35.4 Å². The maximum absolute atomic E-state index is 9.37. The SMILES string of the molecule is [2H]c1c(Oc2cccc(-n3[c](=[Pt])n(-c4c(-c5ccccc5)cc(C([2H])([2H])[2H])cc4-c4ccc(-c5ccccc5)cc4)c4ccccc43)c2)nc(N2B(c3ccccc3)N(c3ccccc3)c3ccccc32)c([2H])c1[2H]. The van der Waals surface area contributed by atoms with E-state index in [4.69, 9.17) is 15.2 Å². The van der Waals surface area contributed by atoms with Crippen LogP contribution in [0.15, 0.2) is 249 Å². The average molecular weight is 1070 g/mol. The van der Waals surface area contributed by atoms with Gasteiger partial charge in [-0.25, -0.2) is 0 Å². The summed E-state index contributed by atoms with van der Waals surface area (Å²) >= 11 is 2.35. The third-order valence-corrected chi connectivity index (χ3v) is 13.5. The van der Waals surface area contributed by atoms with E-state index in [1.807, 2.05) is 169 Å². The fourth-order valence-corrected chi connectivity index (χ4v) is 10.6. The number of hydrogen-bond donors (Lipinski definition) is 0. The van der Waals surface area contributed by atoms with Gasteiger partial charge in [0.25, 0.3) is 0 Å². The molecule has 332 valence electrons. The van der Waals surface area contributed by atoms with Crippen LogP contribution >= 0.6 is 0 Å². The number of imidazole rings is 1. The Morgan fingerprint density at radius 2 is 1.04 bits per heavy atom. The van der Waals surface area contributed by atoms with Gasteiger partial charge in [0, 0.05) is 5.69 Å². The number of anilines is 4. The number of hydrogen-bond acceptors (Lipinski definition) is 4. The van der Waals surface area contributed by atoms with Crippen molar-refractivity contribution in [3.05, 3.63) is 258 Å². The molecule has 69 heavy (non-hydrogen) atoms. The summed E-state index contributed by atoms with van der Waals surface area (Å²) in [7, 11) is 0. The molecule has 0 saturated heterocycles. The van der Waals surface area contributed by atoms with Crippen molar-refractivity contribution in [1.29, 1.82) is 0 Å². The Bertz CT molecular complexity index is 3990. The van der Waals surface area contributed by atoms with Gasteiger partial charge in [0.05, 0.1) is 0 Å². The number of ether oxygens (including phenoxy) is 1. The van der Waals surface area contributed by atoms with Gasteiger partial charge in [0.2, 0.25) is 0 Å². The van der Waals surface area contributed by atoms with E-state index in [1.165, 1.54) is 0 Å². The van der Waals surface area contributed by atoms with Crippen LogP contribution in [-0.2, 0) is 19.4 Å². The van der Waals surface area contributed by atoms with Crippen molar-refractivity contribution in [2.24, 2.45) is 0 Å². The van der Waals surface area contributed by atoms with Crippen LogP contribution in [0.3, 0.4) is 0 Å². The van der Waals surface area contributed by atoms with Crippen molar-refractivity contribution in [2.75, 3.05) is 9.62 Å². The second-order valence-electron chi connectivity index (χ2n) is 16.7. The first-order chi connectivity index (χ1) is 36.5. The fraction of sp³-hybridized carbons (Fsp3) is 0.0164. The first-order valence-corrected chi connectivity index (χ1v) is 23.8. The van der Waals surface area contributed by atoms with Crippen LogP contribution in [0.4, 0.5) is 22.9 Å². The van der Waals surface area contributed by atoms with E-state index in [2.05, 4.69) is 81.8 Å². The summed E-state index contributed by atoms with van der Waals surface area (Å²) < 4.78 is 65.5. The predicted molar refractivity (Wildman–Crippen MR) is 280 cm³/mol. The van der Waals surface area contributed by atoms with Gasteiger partial charge in [-0.3, -0.25) is 0 Å². The number of aryl methyl sites for hydroxylation is 1. The van der Waals surface area contributed by atoms with E-state index >= 15 is 0 Å². The Kier molecular flexibility index (Phi) is 9.41. The standard InChI is InChI=1S/C61H44BN5O.Pt/c1-44-40-53(47-22-8-3-9-23-47)61(54(41-44)48-38-36-46(37-39-48)45-20-6-2-7-21-45)65-43-64(55-30-14-15-31-56(55)65)51-28-18-29-52(42-51)68-60-35-19-34-59(63-60)67-58-33-17-16-32-57(58)66(50-26-12-5-13-27-50)62(67)49-24-10-4-11-25-49;/h2-42H,1H3;/i1D3,19D,34D,35D;. The Morgan fingerprint density at radius 3 is 1.72 bits per heavy atom. The van der Waals surface area contributed by atoms with Crippen LogP contribution < -0.4 is 19.8 Å². The van der Waals surface area contributed by atoms with Gasteiger partial charge >= 0.3 is 339 Å². The van der Waals surface area contributed by atoms with Crippen LogP contribution in [0.25, 0.3) is 55.8 Å². The Hall–Kier alpha value is -8.25. The monoisotopic (exact) mass is 1070 g/mol. The normalized spacial score (nSPS) is 13.6. The fourth-order valence-electron chi connectivity index (χ4n) is 9.50. The summed E-state index contributed by atoms with van der Waals surface area (Å²) in [5, 5.41) is 0. The molecule has 0 spiro atoms. The van der Waals surface area contributed by atoms with Crippen molar-refractivity contribution < 1.29 is 32.3 Å². The molecule has 2 aromatic heterocycles. The van der Waals surface area contributed by atoms with Gasteiger partial charge in [-0.2, -0.15) is 0 Å². The summed E-state index contributed by atoms with van der Waals surface area (Å²) in [6, 6.07) is 74.9. The molecule has 0 fully saturated rings. The number of para-hydroxylation sites is 5. The zero-order valence-electron chi connectivity index (χ0n) is 43.0. The maximum atomic E-state index is 9.37. The number of aromatic nitrogens is 3. The van der Waals surface area contributed by atoms with Crippen molar-refractivity contribution in [1.82, 2.24) is 14.1 Å². The predicted octanol–water partition coefficient (Wildman–Crippen LogP) is 14.7. The molecule has 3 heterocycles. The van der Waals surface area contributed by atoms with E-state index < -0.39 is 13.8 Å². The Morgan fingerprint density at radius 1 is 0.507 bits per heavy atom. The molecular formula is C61H44BN5OPt. The third-order valence-electron chi connectivity index (χ3n) is 12.5. The number of pyridine rings is 1. The average Bonchev–Trinajstić information content (AvgIpc) is 3.96. The zero-order valence-corrected chi connectivity index (χ0v) is 39.2. The van der Waals surface area contributed by atoms with Crippen molar-refractivity contribution in [3.8, 4) is 56.4 Å². The molecule has 8 heteroatoms. The summed E-state index contributed by atoms with van der Waals surface area (Å²) in [5.74, 6) is 0.436. The third kappa shape index (κ3) is 7.81. The molecule has 1 aliphatic heterocycles. The molecular weight excluding hydrogens is 1020 g/mol. The molecule has 9 aromatic carbocycles. The first kappa shape index (κ1) is 35.9. The Labute approximate surface area is 421 Å². The topological polar surface area (TPSA) is 38.5 Å². The van der Waals surface area contributed by atoms with Crippen molar-refractivity contribution >= 4 is 46.4 Å². The number of rotatable bonds is 10. The number of fused-ring (bicyclic) bond motifs is 2. The van der Waals surface area contributed by atoms with Gasteiger partial charge in [0.15, 0.2) is 0 Å². The minimum atomic E-state index is -2.39.